The summed E-state index contributed by atoms with van der Waals surface area (Å²) in [6.07, 6.45) is -3.40. The zero-order chi connectivity index (χ0) is 15.6. The Kier molecular flexibility index (Phi) is 4.23. The van der Waals surface area contributed by atoms with Crippen LogP contribution in [0.2, 0.25) is 5.02 Å². The third-order valence-electron chi connectivity index (χ3n) is 2.68. The van der Waals surface area contributed by atoms with Crippen molar-refractivity contribution in [3.63, 3.8) is 0 Å². The molecule has 110 valence electrons. The SMILES string of the molecule is C=Cc1ccc(OC(F)(F)F)c(-c2cc(F)ccc2Cl)c1. The number of benzene rings is 2. The third kappa shape index (κ3) is 3.76. The minimum absolute atomic E-state index is 0.0363. The summed E-state index contributed by atoms with van der Waals surface area (Å²) in [6, 6.07) is 7.38. The van der Waals surface area contributed by atoms with E-state index in [0.717, 1.165) is 18.2 Å². The van der Waals surface area contributed by atoms with Gasteiger partial charge in [-0.15, -0.1) is 13.2 Å². The first-order valence-electron chi connectivity index (χ1n) is 5.78. The van der Waals surface area contributed by atoms with Crippen molar-refractivity contribution in [2.45, 2.75) is 6.36 Å². The van der Waals surface area contributed by atoms with Crippen molar-refractivity contribution in [1.82, 2.24) is 0 Å². The highest BCUT2D eigenvalue weighted by Gasteiger charge is 2.32. The molecule has 2 aromatic carbocycles. The minimum Gasteiger partial charge on any atom is -0.405 e. The maximum Gasteiger partial charge on any atom is 0.573 e. The van der Waals surface area contributed by atoms with Gasteiger partial charge in [0.25, 0.3) is 0 Å². The molecule has 0 radical (unpaired) electrons. The highest BCUT2D eigenvalue weighted by atomic mass is 35.5. The zero-order valence-electron chi connectivity index (χ0n) is 10.5. The smallest absolute Gasteiger partial charge is 0.405 e. The van der Waals surface area contributed by atoms with E-state index >= 15 is 0 Å². The van der Waals surface area contributed by atoms with Gasteiger partial charge < -0.3 is 4.74 Å². The molecule has 0 aliphatic carbocycles. The predicted octanol–water partition coefficient (Wildman–Crippen LogP) is 5.69. The molecule has 0 spiro atoms. The Labute approximate surface area is 123 Å². The van der Waals surface area contributed by atoms with Crippen LogP contribution < -0.4 is 4.74 Å². The minimum atomic E-state index is -4.86. The fourth-order valence-corrected chi connectivity index (χ4v) is 2.02. The lowest BCUT2D eigenvalue weighted by Gasteiger charge is -2.15. The molecule has 0 bridgehead atoms. The molecule has 0 unspecified atom stereocenters. The van der Waals surface area contributed by atoms with E-state index in [-0.39, 0.29) is 16.1 Å². The molecule has 0 saturated carbocycles. The highest BCUT2D eigenvalue weighted by Crippen LogP contribution is 2.38. The lowest BCUT2D eigenvalue weighted by Crippen LogP contribution is -2.17. The first-order chi connectivity index (χ1) is 9.80. The molecule has 0 aromatic heterocycles. The Bertz CT molecular complexity index is 680. The van der Waals surface area contributed by atoms with Crippen LogP contribution in [0.4, 0.5) is 17.6 Å². The molecular weight excluding hydrogens is 308 g/mol. The van der Waals surface area contributed by atoms with Crippen LogP contribution in [0, 0.1) is 5.82 Å². The largest absolute Gasteiger partial charge is 0.573 e. The first kappa shape index (κ1) is 15.4. The molecule has 21 heavy (non-hydrogen) atoms. The molecule has 0 aliphatic rings. The normalized spacial score (nSPS) is 11.3. The molecule has 2 rings (SSSR count). The topological polar surface area (TPSA) is 9.23 Å². The summed E-state index contributed by atoms with van der Waals surface area (Å²) in [5.41, 5.74) is 0.702. The molecule has 0 saturated heterocycles. The number of halogens is 5. The van der Waals surface area contributed by atoms with Crippen molar-refractivity contribution in [3.05, 3.63) is 59.4 Å². The van der Waals surface area contributed by atoms with Crippen molar-refractivity contribution in [3.8, 4) is 16.9 Å². The second-order valence-corrected chi connectivity index (χ2v) is 4.54. The zero-order valence-corrected chi connectivity index (χ0v) is 11.3. The molecule has 0 atom stereocenters. The summed E-state index contributed by atoms with van der Waals surface area (Å²) in [4.78, 5) is 0. The van der Waals surface area contributed by atoms with Gasteiger partial charge in [0.2, 0.25) is 0 Å². The molecule has 0 fully saturated rings. The van der Waals surface area contributed by atoms with Gasteiger partial charge in [0.15, 0.2) is 0 Å². The van der Waals surface area contributed by atoms with E-state index in [1.807, 2.05) is 0 Å². The third-order valence-corrected chi connectivity index (χ3v) is 3.01. The van der Waals surface area contributed by atoms with Gasteiger partial charge in [-0.25, -0.2) is 4.39 Å². The van der Waals surface area contributed by atoms with E-state index in [0.29, 0.717) is 5.56 Å². The molecule has 0 heterocycles. The fourth-order valence-electron chi connectivity index (χ4n) is 1.80. The van der Waals surface area contributed by atoms with Crippen molar-refractivity contribution in [2.75, 3.05) is 0 Å². The van der Waals surface area contributed by atoms with E-state index < -0.39 is 17.9 Å². The van der Waals surface area contributed by atoms with Gasteiger partial charge in [0.05, 0.1) is 0 Å². The summed E-state index contributed by atoms with van der Waals surface area (Å²) in [5.74, 6) is -1.07. The Hall–Kier alpha value is -2.01. The summed E-state index contributed by atoms with van der Waals surface area (Å²) in [5, 5.41) is 0.115. The summed E-state index contributed by atoms with van der Waals surface area (Å²) < 4.78 is 54.7. The quantitative estimate of drug-likeness (QED) is 0.661. The van der Waals surface area contributed by atoms with Crippen LogP contribution in [0.3, 0.4) is 0 Å². The first-order valence-corrected chi connectivity index (χ1v) is 6.15. The molecule has 0 N–H and O–H groups in total. The maximum atomic E-state index is 13.3. The highest BCUT2D eigenvalue weighted by molar-refractivity contribution is 6.33. The Balaban J connectivity index is 2.63. The summed E-state index contributed by atoms with van der Waals surface area (Å²) >= 11 is 5.94. The monoisotopic (exact) mass is 316 g/mol. The van der Waals surface area contributed by atoms with E-state index in [9.17, 15) is 17.6 Å². The molecule has 2 aromatic rings. The second-order valence-electron chi connectivity index (χ2n) is 4.13. The molecule has 6 heteroatoms. The molecule has 0 amide bonds. The summed E-state index contributed by atoms with van der Waals surface area (Å²) in [6.45, 7) is 3.54. The van der Waals surface area contributed by atoms with E-state index in [2.05, 4.69) is 11.3 Å². The van der Waals surface area contributed by atoms with E-state index in [1.165, 1.54) is 24.3 Å². The lowest BCUT2D eigenvalue weighted by molar-refractivity contribution is -0.274. The van der Waals surface area contributed by atoms with Gasteiger partial charge >= 0.3 is 6.36 Å². The van der Waals surface area contributed by atoms with Crippen LogP contribution in [-0.4, -0.2) is 6.36 Å². The Morgan fingerprint density at radius 3 is 2.38 bits per heavy atom. The van der Waals surface area contributed by atoms with Crippen molar-refractivity contribution in [2.24, 2.45) is 0 Å². The van der Waals surface area contributed by atoms with Crippen LogP contribution in [0.15, 0.2) is 43.0 Å². The average molecular weight is 317 g/mol. The van der Waals surface area contributed by atoms with E-state index in [1.54, 1.807) is 0 Å². The Morgan fingerprint density at radius 2 is 1.76 bits per heavy atom. The fraction of sp³-hybridized carbons (Fsp3) is 0.0667. The van der Waals surface area contributed by atoms with Gasteiger partial charge in [0.1, 0.15) is 11.6 Å². The number of alkyl halides is 3. The number of rotatable bonds is 3. The van der Waals surface area contributed by atoms with Gasteiger partial charge in [-0.05, 0) is 35.9 Å². The Morgan fingerprint density at radius 1 is 1.05 bits per heavy atom. The average Bonchev–Trinajstić information content (AvgIpc) is 2.40. The van der Waals surface area contributed by atoms with Gasteiger partial charge in [-0.1, -0.05) is 30.3 Å². The number of hydrogen-bond acceptors (Lipinski definition) is 1. The van der Waals surface area contributed by atoms with Crippen molar-refractivity contribution >= 4 is 17.7 Å². The van der Waals surface area contributed by atoms with Crippen molar-refractivity contribution < 1.29 is 22.3 Å². The van der Waals surface area contributed by atoms with Crippen LogP contribution >= 0.6 is 11.6 Å². The molecular formula is C15H9ClF4O. The predicted molar refractivity (Wildman–Crippen MR) is 73.6 cm³/mol. The van der Waals surface area contributed by atoms with Crippen LogP contribution in [0.5, 0.6) is 5.75 Å². The van der Waals surface area contributed by atoms with Gasteiger partial charge in [0, 0.05) is 16.1 Å². The molecule has 1 nitrogen and oxygen atoms in total. The second kappa shape index (κ2) is 5.77. The number of hydrogen-bond donors (Lipinski definition) is 0. The lowest BCUT2D eigenvalue weighted by atomic mass is 10.0. The van der Waals surface area contributed by atoms with Gasteiger partial charge in [-0.3, -0.25) is 0 Å². The summed E-state index contributed by atoms with van der Waals surface area (Å²) in [7, 11) is 0. The van der Waals surface area contributed by atoms with Gasteiger partial charge in [-0.2, -0.15) is 0 Å². The van der Waals surface area contributed by atoms with Crippen LogP contribution in [0.25, 0.3) is 17.2 Å². The van der Waals surface area contributed by atoms with Crippen LogP contribution in [-0.2, 0) is 0 Å². The molecule has 0 aliphatic heterocycles. The van der Waals surface area contributed by atoms with E-state index in [4.69, 9.17) is 11.6 Å². The van der Waals surface area contributed by atoms with Crippen molar-refractivity contribution in [1.29, 1.82) is 0 Å². The van der Waals surface area contributed by atoms with Crippen LogP contribution in [0.1, 0.15) is 5.56 Å². The number of ether oxygens (including phenoxy) is 1. The maximum absolute atomic E-state index is 13.3. The standard InChI is InChI=1S/C15H9ClF4O/c1-2-9-3-6-14(21-15(18,19)20)12(7-9)11-8-10(17)4-5-13(11)16/h2-8H,1H2.